The molecule has 138 heavy (non-hydrogen) atoms. The van der Waals surface area contributed by atoms with Crippen LogP contribution in [-0.4, -0.2) is 191 Å². The molecule has 1 aromatic rings. The number of methoxy groups -OCH3 is 4. The molecule has 17 aliphatic rings. The number of nitrogens with two attached hydrogens (primary N) is 1. The molecule has 19 nitrogen and oxygen atoms in total. The van der Waals surface area contributed by atoms with Crippen molar-refractivity contribution in [2.24, 2.45) is 191 Å². The number of hydrogen-bond acceptors (Lipinski definition) is 19. The van der Waals surface area contributed by atoms with Crippen LogP contribution in [0.5, 0.6) is 0 Å². The first-order valence-electron chi connectivity index (χ1n) is 58.2. The van der Waals surface area contributed by atoms with Crippen molar-refractivity contribution in [3.63, 3.8) is 0 Å². The molecule has 0 amide bonds. The SMILES string of the molecule is COC(=O)CC[C@@H](C)[C@H]1CCC2C3C(CC[C@@]21C)[C@@]1(C)CCC(NCCN(C)C)C[C@H]1C[C@H]3O.COC(=O)CC[C@@H](C)[C@H]1CCC2C3C(CC[C@@]21C)[C@@]1(C)CC[C@@H](NCCN)C[C@@H]1C[C@H]3O.COC(=O)CC[C@@H](C)[C@H]1CCC2C3CC[C@H]4C[C@@H](NCCN5CCCCC5)CC[C@]4(C)C3CC[C@@]21C.COC(=O)CC[C@@H](C)[C@H]1CCC2C3CC[C@H]4C[C@@H](NCc5ccccn5)CC[C@]4(C)C3C[C@H](O)[C@@]21C. The van der Waals surface area contributed by atoms with Crippen molar-refractivity contribution in [3.05, 3.63) is 30.1 Å². The fourth-order valence-corrected chi connectivity index (χ4v) is 39.3. The number of piperidine rings is 1. The van der Waals surface area contributed by atoms with E-state index in [1.165, 1.54) is 267 Å². The molecule has 0 spiro atoms. The Morgan fingerprint density at radius 1 is 0.413 bits per heavy atom. The number of carbonyl (C=O) groups excluding carboxylic acids is 4. The van der Waals surface area contributed by atoms with Gasteiger partial charge in [-0.1, -0.05) is 95.6 Å². The number of carbonyl (C=O) groups is 4. The minimum absolute atomic E-state index is 0.0126. The van der Waals surface area contributed by atoms with Crippen molar-refractivity contribution in [1.82, 2.24) is 36.1 Å². The summed E-state index contributed by atoms with van der Waals surface area (Å²) in [5.41, 5.74) is 9.63. The Bertz CT molecular complexity index is 4040. The van der Waals surface area contributed by atoms with Gasteiger partial charge in [0.1, 0.15) is 0 Å². The van der Waals surface area contributed by atoms with Gasteiger partial charge in [-0.05, 0) is 475 Å². The second kappa shape index (κ2) is 46.6. The van der Waals surface area contributed by atoms with Crippen molar-refractivity contribution in [3.8, 4) is 0 Å². The summed E-state index contributed by atoms with van der Waals surface area (Å²) >= 11 is 0. The van der Waals surface area contributed by atoms with Gasteiger partial charge in [-0.15, -0.1) is 0 Å². The van der Waals surface area contributed by atoms with Gasteiger partial charge >= 0.3 is 23.9 Å². The maximum Gasteiger partial charge on any atom is 0.305 e. The standard InChI is InChI=1S/C32H56N2O2.C31H48N2O3.C29H52N2O3.C27H48N2O3/c1-23(8-13-30(35)36-4)27-11-12-28-26-10-9-24-22-25(33-18-21-34-19-6-5-7-20-34)14-16-31(24,2)29(26)15-17-32(27,28)3;1-20(8-13-29(35)36-4)25-11-12-26-24-10-9-21-17-22(33-19-23-7-5-6-16-32-23)14-15-30(21,2)27(24)18-28(34)31(25,26)3;1-19(7-10-26(33)34-6)22-8-9-23-27-24(12-14-29(22,23)3)28(2)13-11-21(30-15-16-31(4)5)17-20(28)18-25(27)32;1-17(5-8-24(31)32-4)20-6-7-21-25-22(10-12-27(20,21)3)26(2)11-9-19(29-14-13-28)15-18(26)16-23(25)30/h23-29,33H,5-22H2,1-4H3;5-7,16,20-22,24-28,33-34H,8-15,17-19H2,1-4H3;19-25,27,30,32H,7-18H2,1-6H3;17-23,25,29-30H,5-16,28H2,1-4H3/t23-,24+,25+,26?,27-,28?,29?,31+,32-;20-,21+,22+,24?,25-,26?,27?,28+,30+,31-;19-,20+,21?,22-,23?,24?,25-,27?,28+,29-;17-,18-,19-,20-,21?,22?,23-,25?,26+,27-/m1111/s1. The molecule has 18 rings (SSSR count). The molecular weight excluding hydrogens is 1720 g/mol. The van der Waals surface area contributed by atoms with E-state index in [1.54, 1.807) is 0 Å². The number of esters is 4. The fourth-order valence-electron chi connectivity index (χ4n) is 39.3. The van der Waals surface area contributed by atoms with Crippen molar-refractivity contribution >= 4 is 23.9 Å². The number of aliphatic hydroxyl groups excluding tert-OH is 3. The molecule has 16 saturated carbocycles. The van der Waals surface area contributed by atoms with Crippen LogP contribution in [-0.2, 0) is 44.7 Å². The Morgan fingerprint density at radius 3 is 1.23 bits per heavy atom. The van der Waals surface area contributed by atoms with Crippen LogP contribution < -0.4 is 27.0 Å². The largest absolute Gasteiger partial charge is 0.469 e. The van der Waals surface area contributed by atoms with Crippen LogP contribution in [0.1, 0.15) is 371 Å². The normalized spacial score (nSPS) is 44.4. The number of nitrogens with zero attached hydrogens (tertiary/aromatic N) is 3. The Hall–Kier alpha value is -3.37. The molecule has 1 aliphatic heterocycles. The van der Waals surface area contributed by atoms with E-state index in [2.05, 4.69) is 145 Å². The average molecular weight is 1920 g/mol. The van der Waals surface area contributed by atoms with Crippen LogP contribution in [0.25, 0.3) is 0 Å². The summed E-state index contributed by atoms with van der Waals surface area (Å²) in [6, 6.07) is 8.67. The van der Waals surface area contributed by atoms with Gasteiger partial charge in [0.15, 0.2) is 0 Å². The number of aliphatic hydroxyl groups is 3. The third kappa shape index (κ3) is 22.5. The summed E-state index contributed by atoms with van der Waals surface area (Å²) in [6.45, 7) is 39.7. The lowest BCUT2D eigenvalue weighted by atomic mass is 9.43. The maximum absolute atomic E-state index is 11.8. The zero-order valence-electron chi connectivity index (χ0n) is 90.7. The molecule has 786 valence electrons. The van der Waals surface area contributed by atoms with Crippen LogP contribution in [0, 0.1) is 185 Å². The number of pyridine rings is 1. The molecule has 13 unspecified atom stereocenters. The number of likely N-dealkylation sites (N-methyl/N-ethyl adjacent to an activating group) is 1. The van der Waals surface area contributed by atoms with Gasteiger partial charge in [-0.2, -0.15) is 0 Å². The second-order valence-electron chi connectivity index (χ2n) is 53.2. The minimum Gasteiger partial charge on any atom is -0.469 e. The zero-order valence-corrected chi connectivity index (χ0v) is 90.7. The monoisotopic (exact) mass is 1920 g/mol. The zero-order chi connectivity index (χ0) is 98.6. The molecule has 1 aromatic heterocycles. The lowest BCUT2D eigenvalue weighted by Crippen LogP contribution is -2.59. The number of likely N-dealkylation sites (tertiary alicyclic amines) is 1. The summed E-state index contributed by atoms with van der Waals surface area (Å²) in [6.07, 6.45) is 53.9. The van der Waals surface area contributed by atoms with E-state index < -0.39 is 0 Å². The van der Waals surface area contributed by atoms with E-state index >= 15 is 0 Å². The van der Waals surface area contributed by atoms with Crippen molar-refractivity contribution in [2.45, 2.75) is 415 Å². The van der Waals surface area contributed by atoms with Crippen LogP contribution in [0.15, 0.2) is 24.4 Å². The lowest BCUT2D eigenvalue weighted by molar-refractivity contribution is -0.170. The minimum atomic E-state index is -0.229. The number of fused-ring (bicyclic) bond motifs is 20. The van der Waals surface area contributed by atoms with E-state index in [0.717, 1.165) is 124 Å². The van der Waals surface area contributed by atoms with E-state index in [4.69, 9.17) is 24.7 Å². The van der Waals surface area contributed by atoms with Crippen LogP contribution in [0.2, 0.25) is 0 Å². The summed E-state index contributed by atoms with van der Waals surface area (Å²) in [5, 5.41) is 50.2. The predicted molar refractivity (Wildman–Crippen MR) is 555 cm³/mol. The molecule has 19 heteroatoms. The topological polar surface area (TPSA) is 259 Å². The van der Waals surface area contributed by atoms with Gasteiger partial charge in [-0.3, -0.25) is 24.2 Å². The maximum atomic E-state index is 11.8. The molecule has 1 saturated heterocycles. The summed E-state index contributed by atoms with van der Waals surface area (Å²) in [4.78, 5) is 56.4. The highest BCUT2D eigenvalue weighted by Gasteiger charge is 2.69. The molecule has 0 aromatic carbocycles. The molecule has 17 fully saturated rings. The highest BCUT2D eigenvalue weighted by molar-refractivity contribution is 5.70. The average Bonchev–Trinajstić information content (AvgIpc) is 1.53. The summed E-state index contributed by atoms with van der Waals surface area (Å²) in [5.74, 6) is 15.8. The fraction of sp³-hybridized carbons (Fsp3) is 0.924. The highest BCUT2D eigenvalue weighted by Crippen LogP contribution is 2.74. The first-order chi connectivity index (χ1) is 66.0. The van der Waals surface area contributed by atoms with E-state index in [-0.39, 0.29) is 47.6 Å². The highest BCUT2D eigenvalue weighted by atomic mass is 16.5. The summed E-state index contributed by atoms with van der Waals surface area (Å²) < 4.78 is 19.6. The Morgan fingerprint density at radius 2 is 0.783 bits per heavy atom. The Labute approximate surface area is 839 Å². The second-order valence-corrected chi connectivity index (χ2v) is 53.2. The number of aromatic nitrogens is 1. The molecule has 0 bridgehead atoms. The molecule has 2 heterocycles. The Balaban J connectivity index is 0.000000140. The lowest BCUT2D eigenvalue weighted by Gasteiger charge is -2.62. The van der Waals surface area contributed by atoms with E-state index in [1.807, 2.05) is 12.3 Å². The van der Waals surface area contributed by atoms with Crippen molar-refractivity contribution in [2.75, 3.05) is 94.9 Å². The van der Waals surface area contributed by atoms with Crippen LogP contribution in [0.3, 0.4) is 0 Å². The quantitative estimate of drug-likeness (QED) is 0.0263. The van der Waals surface area contributed by atoms with Gasteiger partial charge in [0.25, 0.3) is 0 Å². The molecule has 39 atom stereocenters. The molecule has 9 N–H and O–H groups in total. The first-order valence-corrected chi connectivity index (χ1v) is 58.2. The first kappa shape index (κ1) is 109. The van der Waals surface area contributed by atoms with E-state index in [9.17, 15) is 34.5 Å². The molecule has 0 radical (unpaired) electrons. The molecular formula is C119H204N8O11. The predicted octanol–water partition coefficient (Wildman–Crippen LogP) is 21.3. The number of rotatable bonds is 30. The van der Waals surface area contributed by atoms with Crippen molar-refractivity contribution < 1.29 is 53.4 Å². The Kier molecular flexibility index (Phi) is 36.7. The number of nitrogens with one attached hydrogen (secondary N) is 4. The van der Waals surface area contributed by atoms with E-state index in [0.29, 0.717) is 189 Å². The van der Waals surface area contributed by atoms with Gasteiger partial charge in [-0.25, -0.2) is 0 Å². The molecule has 16 aliphatic carbocycles. The number of ether oxygens (including phenoxy) is 4. The summed E-state index contributed by atoms with van der Waals surface area (Å²) in [7, 11) is 10.3. The van der Waals surface area contributed by atoms with Crippen LogP contribution in [0.4, 0.5) is 0 Å². The third-order valence-electron chi connectivity index (χ3n) is 47.1. The van der Waals surface area contributed by atoms with Gasteiger partial charge in [0.2, 0.25) is 0 Å². The third-order valence-corrected chi connectivity index (χ3v) is 47.1. The van der Waals surface area contributed by atoms with Gasteiger partial charge < -0.3 is 71.1 Å². The number of hydrogen-bond donors (Lipinski definition) is 8. The smallest absolute Gasteiger partial charge is 0.305 e. The van der Waals surface area contributed by atoms with Crippen LogP contribution >= 0.6 is 0 Å². The van der Waals surface area contributed by atoms with Crippen molar-refractivity contribution in [1.29, 1.82) is 0 Å². The van der Waals surface area contributed by atoms with Gasteiger partial charge in [0, 0.05) is 102 Å². The van der Waals surface area contributed by atoms with Gasteiger partial charge in [0.05, 0.1) is 52.4 Å².